The van der Waals surface area contributed by atoms with E-state index in [4.69, 9.17) is 4.74 Å². The van der Waals surface area contributed by atoms with Crippen LogP contribution in [0.2, 0.25) is 0 Å². The third kappa shape index (κ3) is 11.4. The van der Waals surface area contributed by atoms with E-state index in [0.717, 1.165) is 24.0 Å². The first-order valence-corrected chi connectivity index (χ1v) is 13.3. The molecular formula is C27H37N3O4S. The normalized spacial score (nSPS) is 12.6. The molecule has 0 bridgehead atoms. The van der Waals surface area contributed by atoms with Crippen LogP contribution in [-0.4, -0.2) is 40.6 Å². The molecule has 2 atom stereocenters. The lowest BCUT2D eigenvalue weighted by Crippen LogP contribution is -2.52. The SMILES string of the molecule is CCCC[C@H](NC(=O)[C@H](CC(C)C)NC(=O)OCc1ccccc1)C(=O)CSCc1cccnc1. The molecule has 0 aliphatic heterocycles. The van der Waals surface area contributed by atoms with Gasteiger partial charge in [-0.3, -0.25) is 14.6 Å². The molecule has 2 aromatic rings. The summed E-state index contributed by atoms with van der Waals surface area (Å²) < 4.78 is 5.30. The largest absolute Gasteiger partial charge is 0.445 e. The second-order valence-corrected chi connectivity index (χ2v) is 9.90. The Kier molecular flexibility index (Phi) is 12.9. The van der Waals surface area contributed by atoms with Crippen molar-refractivity contribution in [1.82, 2.24) is 15.6 Å². The number of nitrogens with one attached hydrogen (secondary N) is 2. The highest BCUT2D eigenvalue weighted by Gasteiger charge is 2.27. The molecule has 0 aliphatic rings. The van der Waals surface area contributed by atoms with Crippen molar-refractivity contribution in [3.63, 3.8) is 0 Å². The number of alkyl carbamates (subject to hydrolysis) is 1. The predicted octanol–water partition coefficient (Wildman–Crippen LogP) is 4.90. The molecule has 0 aliphatic carbocycles. The summed E-state index contributed by atoms with van der Waals surface area (Å²) in [6, 6.07) is 11.8. The van der Waals surface area contributed by atoms with E-state index in [1.54, 1.807) is 12.4 Å². The summed E-state index contributed by atoms with van der Waals surface area (Å²) >= 11 is 1.51. The van der Waals surface area contributed by atoms with Crippen molar-refractivity contribution in [3.05, 3.63) is 66.0 Å². The molecule has 1 aromatic carbocycles. The van der Waals surface area contributed by atoms with E-state index in [1.165, 1.54) is 11.8 Å². The van der Waals surface area contributed by atoms with Crippen molar-refractivity contribution in [2.75, 3.05) is 5.75 Å². The molecule has 2 rings (SSSR count). The molecule has 0 saturated carbocycles. The fraction of sp³-hybridized carbons (Fsp3) is 0.481. The summed E-state index contributed by atoms with van der Waals surface area (Å²) in [5.41, 5.74) is 1.91. The summed E-state index contributed by atoms with van der Waals surface area (Å²) in [5, 5.41) is 5.59. The number of carbonyl (C=O) groups is 3. The smallest absolute Gasteiger partial charge is 0.408 e. The molecule has 7 nitrogen and oxygen atoms in total. The molecule has 2 N–H and O–H groups in total. The summed E-state index contributed by atoms with van der Waals surface area (Å²) in [5.74, 6) is 0.766. The lowest BCUT2D eigenvalue weighted by atomic mass is 10.0. The molecule has 0 unspecified atom stereocenters. The van der Waals surface area contributed by atoms with E-state index in [0.29, 0.717) is 24.3 Å². The molecule has 2 amide bonds. The third-order valence-corrected chi connectivity index (χ3v) is 6.34. The van der Waals surface area contributed by atoms with Crippen LogP contribution in [0.15, 0.2) is 54.9 Å². The first kappa shape index (κ1) is 28.4. The lowest BCUT2D eigenvalue weighted by Gasteiger charge is -2.24. The Balaban J connectivity index is 1.93. The minimum absolute atomic E-state index is 0.0179. The number of amides is 2. The van der Waals surface area contributed by atoms with Crippen molar-refractivity contribution < 1.29 is 19.1 Å². The van der Waals surface area contributed by atoms with Gasteiger partial charge in [0.1, 0.15) is 12.6 Å². The zero-order valence-electron chi connectivity index (χ0n) is 20.9. The number of benzene rings is 1. The Morgan fingerprint density at radius 1 is 1.00 bits per heavy atom. The average Bonchev–Trinajstić information content (AvgIpc) is 2.85. The fourth-order valence-electron chi connectivity index (χ4n) is 3.46. The first-order chi connectivity index (χ1) is 16.9. The zero-order valence-corrected chi connectivity index (χ0v) is 21.7. The number of thioether (sulfide) groups is 1. The van der Waals surface area contributed by atoms with Gasteiger partial charge in [-0.1, -0.05) is 70.0 Å². The van der Waals surface area contributed by atoms with Gasteiger partial charge >= 0.3 is 6.09 Å². The van der Waals surface area contributed by atoms with Crippen molar-refractivity contribution in [2.24, 2.45) is 5.92 Å². The molecule has 1 heterocycles. The predicted molar refractivity (Wildman–Crippen MR) is 140 cm³/mol. The number of hydrogen-bond acceptors (Lipinski definition) is 6. The number of carbonyl (C=O) groups excluding carboxylic acids is 3. The minimum Gasteiger partial charge on any atom is -0.445 e. The van der Waals surface area contributed by atoms with Crippen LogP contribution in [0.3, 0.4) is 0 Å². The Morgan fingerprint density at radius 3 is 2.40 bits per heavy atom. The molecule has 0 radical (unpaired) electrons. The quantitative estimate of drug-likeness (QED) is 0.362. The van der Waals surface area contributed by atoms with Crippen molar-refractivity contribution in [1.29, 1.82) is 0 Å². The van der Waals surface area contributed by atoms with Gasteiger partial charge in [-0.2, -0.15) is 0 Å². The standard InChI is InChI=1S/C27H37N3O4S/c1-4-5-13-23(25(31)19-35-18-22-12-9-14-28-16-22)29-26(32)24(15-20(2)3)30-27(33)34-17-21-10-7-6-8-11-21/h6-12,14,16,20,23-24H,4-5,13,15,17-19H2,1-3H3,(H,29,32)(H,30,33)/t23-,24-/m0/s1. The van der Waals surface area contributed by atoms with Crippen molar-refractivity contribution in [2.45, 2.75) is 70.9 Å². The Labute approximate surface area is 212 Å². The van der Waals surface area contributed by atoms with Gasteiger partial charge in [0.15, 0.2) is 5.78 Å². The number of hydrogen-bond donors (Lipinski definition) is 2. The molecule has 35 heavy (non-hydrogen) atoms. The zero-order chi connectivity index (χ0) is 25.5. The van der Waals surface area contributed by atoms with E-state index in [9.17, 15) is 14.4 Å². The molecular weight excluding hydrogens is 462 g/mol. The maximum Gasteiger partial charge on any atom is 0.408 e. The summed E-state index contributed by atoms with van der Waals surface area (Å²) in [4.78, 5) is 42.5. The summed E-state index contributed by atoms with van der Waals surface area (Å²) in [7, 11) is 0. The average molecular weight is 500 g/mol. The molecule has 1 aromatic heterocycles. The number of aromatic nitrogens is 1. The molecule has 0 fully saturated rings. The van der Waals surface area contributed by atoms with Gasteiger partial charge in [0, 0.05) is 18.1 Å². The Morgan fingerprint density at radius 2 is 1.74 bits per heavy atom. The monoisotopic (exact) mass is 499 g/mol. The van der Waals surface area contributed by atoms with Gasteiger partial charge < -0.3 is 15.4 Å². The maximum absolute atomic E-state index is 13.1. The van der Waals surface area contributed by atoms with Gasteiger partial charge in [-0.15, -0.1) is 11.8 Å². The van der Waals surface area contributed by atoms with E-state index in [-0.39, 0.29) is 24.2 Å². The number of ether oxygens (including phenoxy) is 1. The van der Waals surface area contributed by atoms with Crippen LogP contribution in [0.5, 0.6) is 0 Å². The summed E-state index contributed by atoms with van der Waals surface area (Å²) in [6.45, 7) is 6.12. The first-order valence-electron chi connectivity index (χ1n) is 12.2. The second-order valence-electron chi connectivity index (χ2n) is 8.91. The van der Waals surface area contributed by atoms with Crippen molar-refractivity contribution in [3.8, 4) is 0 Å². The summed E-state index contributed by atoms with van der Waals surface area (Å²) in [6.07, 6.45) is 5.60. The topological polar surface area (TPSA) is 97.4 Å². The molecule has 190 valence electrons. The van der Waals surface area contributed by atoms with Crippen LogP contribution >= 0.6 is 11.8 Å². The number of pyridine rings is 1. The molecule has 8 heteroatoms. The van der Waals surface area contributed by atoms with Gasteiger partial charge in [-0.25, -0.2) is 4.79 Å². The lowest BCUT2D eigenvalue weighted by molar-refractivity contribution is -0.128. The number of rotatable bonds is 15. The maximum atomic E-state index is 13.1. The minimum atomic E-state index is -0.779. The van der Waals surface area contributed by atoms with Crippen molar-refractivity contribution >= 4 is 29.5 Å². The van der Waals surface area contributed by atoms with E-state index in [2.05, 4.69) is 15.6 Å². The van der Waals surface area contributed by atoms with E-state index < -0.39 is 18.2 Å². The second kappa shape index (κ2) is 15.9. The highest BCUT2D eigenvalue weighted by Crippen LogP contribution is 2.14. The van der Waals surface area contributed by atoms with E-state index >= 15 is 0 Å². The number of nitrogens with zero attached hydrogens (tertiary/aromatic N) is 1. The van der Waals surface area contributed by atoms with Crippen LogP contribution in [0.25, 0.3) is 0 Å². The van der Waals surface area contributed by atoms with Gasteiger partial charge in [-0.05, 0) is 36.0 Å². The molecule has 0 saturated heterocycles. The fourth-order valence-corrected chi connectivity index (χ4v) is 4.37. The molecule has 0 spiro atoms. The third-order valence-electron chi connectivity index (χ3n) is 5.32. The van der Waals surface area contributed by atoms with Gasteiger partial charge in [0.2, 0.25) is 5.91 Å². The van der Waals surface area contributed by atoms with Crippen LogP contribution in [-0.2, 0) is 26.7 Å². The van der Waals surface area contributed by atoms with Gasteiger partial charge in [0.25, 0.3) is 0 Å². The highest BCUT2D eigenvalue weighted by molar-refractivity contribution is 7.99. The van der Waals surface area contributed by atoms with Crippen LogP contribution in [0, 0.1) is 5.92 Å². The number of Topliss-reactive ketones (excluding diaryl/α,β-unsaturated/α-hetero) is 1. The van der Waals surface area contributed by atoms with Crippen LogP contribution < -0.4 is 10.6 Å². The van der Waals surface area contributed by atoms with Gasteiger partial charge in [0.05, 0.1) is 11.8 Å². The van der Waals surface area contributed by atoms with E-state index in [1.807, 2.05) is 63.2 Å². The number of ketones is 1. The Hall–Kier alpha value is -2.87. The van der Waals surface area contributed by atoms with Crippen LogP contribution in [0.4, 0.5) is 4.79 Å². The Bertz CT molecular complexity index is 909. The van der Waals surface area contributed by atoms with Crippen LogP contribution in [0.1, 0.15) is 57.6 Å². The number of unbranched alkanes of at least 4 members (excludes halogenated alkanes) is 1. The highest BCUT2D eigenvalue weighted by atomic mass is 32.2.